The van der Waals surface area contributed by atoms with E-state index in [1.807, 2.05) is 57.2 Å². The van der Waals surface area contributed by atoms with E-state index in [-0.39, 0.29) is 0 Å². The second-order valence-corrected chi connectivity index (χ2v) is 6.30. The van der Waals surface area contributed by atoms with Crippen LogP contribution in [0.25, 0.3) is 11.4 Å². The summed E-state index contributed by atoms with van der Waals surface area (Å²) in [5.41, 5.74) is 1.32. The Bertz CT molecular complexity index is 810. The van der Waals surface area contributed by atoms with Crippen molar-refractivity contribution in [2.24, 2.45) is 0 Å². The standard InChI is InChI=1S/C18H17ClN2O2/c1-12-5-4-6-13(11-12)16-20-17(23-21-16)18(2,3)22-15-9-7-14(19)8-10-15/h4-11H,1-3H3. The van der Waals surface area contributed by atoms with Gasteiger partial charge in [-0.15, -0.1) is 0 Å². The number of halogens is 1. The van der Waals surface area contributed by atoms with Gasteiger partial charge in [0.15, 0.2) is 5.60 Å². The van der Waals surface area contributed by atoms with Gasteiger partial charge in [0.05, 0.1) is 0 Å². The van der Waals surface area contributed by atoms with Crippen molar-refractivity contribution in [1.29, 1.82) is 0 Å². The molecule has 4 nitrogen and oxygen atoms in total. The van der Waals surface area contributed by atoms with Crippen molar-refractivity contribution in [2.75, 3.05) is 0 Å². The molecule has 0 atom stereocenters. The largest absolute Gasteiger partial charge is 0.478 e. The highest BCUT2D eigenvalue weighted by Crippen LogP contribution is 2.29. The summed E-state index contributed by atoms with van der Waals surface area (Å²) in [5, 5.41) is 4.72. The van der Waals surface area contributed by atoms with E-state index in [9.17, 15) is 0 Å². The maximum Gasteiger partial charge on any atom is 0.270 e. The summed E-state index contributed by atoms with van der Waals surface area (Å²) in [5.74, 6) is 1.66. The lowest BCUT2D eigenvalue weighted by atomic mass is 10.1. The minimum atomic E-state index is -0.747. The monoisotopic (exact) mass is 328 g/mol. The number of hydrogen-bond acceptors (Lipinski definition) is 4. The van der Waals surface area contributed by atoms with Crippen LogP contribution in [0.5, 0.6) is 5.75 Å². The van der Waals surface area contributed by atoms with E-state index in [1.165, 1.54) is 0 Å². The first kappa shape index (κ1) is 15.6. The molecule has 0 amide bonds. The van der Waals surface area contributed by atoms with Crippen LogP contribution < -0.4 is 4.74 Å². The molecular weight excluding hydrogens is 312 g/mol. The molecule has 5 heteroatoms. The zero-order chi connectivity index (χ0) is 16.4. The van der Waals surface area contributed by atoms with E-state index < -0.39 is 5.60 Å². The van der Waals surface area contributed by atoms with Gasteiger partial charge in [0.25, 0.3) is 5.89 Å². The average Bonchev–Trinajstić information content (AvgIpc) is 3.00. The molecule has 0 aliphatic rings. The molecule has 0 saturated carbocycles. The molecule has 23 heavy (non-hydrogen) atoms. The maximum absolute atomic E-state index is 5.96. The second-order valence-electron chi connectivity index (χ2n) is 5.86. The van der Waals surface area contributed by atoms with Crippen molar-refractivity contribution in [1.82, 2.24) is 10.1 Å². The van der Waals surface area contributed by atoms with Crippen LogP contribution in [0, 0.1) is 6.92 Å². The number of rotatable bonds is 4. The third-order valence-corrected chi connectivity index (χ3v) is 3.66. The second kappa shape index (κ2) is 6.05. The van der Waals surface area contributed by atoms with Crippen LogP contribution in [0.15, 0.2) is 53.1 Å². The van der Waals surface area contributed by atoms with E-state index in [4.69, 9.17) is 20.9 Å². The molecule has 0 unspecified atom stereocenters. The first-order chi connectivity index (χ1) is 10.9. The van der Waals surface area contributed by atoms with Crippen LogP contribution >= 0.6 is 11.6 Å². The normalized spacial score (nSPS) is 11.5. The van der Waals surface area contributed by atoms with Gasteiger partial charge in [-0.1, -0.05) is 40.5 Å². The summed E-state index contributed by atoms with van der Waals surface area (Å²) in [6.45, 7) is 5.79. The van der Waals surface area contributed by atoms with Crippen molar-refractivity contribution in [3.63, 3.8) is 0 Å². The highest BCUT2D eigenvalue weighted by atomic mass is 35.5. The van der Waals surface area contributed by atoms with Gasteiger partial charge in [-0.05, 0) is 51.1 Å². The molecule has 0 N–H and O–H groups in total. The highest BCUT2D eigenvalue weighted by molar-refractivity contribution is 6.30. The van der Waals surface area contributed by atoms with Gasteiger partial charge in [0.1, 0.15) is 5.75 Å². The molecule has 0 radical (unpaired) electrons. The molecule has 3 aromatic rings. The van der Waals surface area contributed by atoms with E-state index in [0.29, 0.717) is 22.5 Å². The number of aromatic nitrogens is 2. The van der Waals surface area contributed by atoms with Gasteiger partial charge in [0.2, 0.25) is 5.82 Å². The van der Waals surface area contributed by atoms with Crippen LogP contribution in [0.3, 0.4) is 0 Å². The Morgan fingerprint density at radius 1 is 1.09 bits per heavy atom. The van der Waals surface area contributed by atoms with E-state index >= 15 is 0 Å². The Hall–Kier alpha value is -2.33. The lowest BCUT2D eigenvalue weighted by Gasteiger charge is -2.22. The minimum absolute atomic E-state index is 0.420. The Labute approximate surface area is 140 Å². The first-order valence-corrected chi connectivity index (χ1v) is 7.68. The SMILES string of the molecule is Cc1cccc(-c2noc(C(C)(C)Oc3ccc(Cl)cc3)n2)c1. The maximum atomic E-state index is 5.96. The summed E-state index contributed by atoms with van der Waals surface area (Å²) in [4.78, 5) is 4.48. The Morgan fingerprint density at radius 3 is 2.52 bits per heavy atom. The fraction of sp³-hybridized carbons (Fsp3) is 0.222. The molecule has 118 valence electrons. The van der Waals surface area contributed by atoms with Crippen LogP contribution in [-0.4, -0.2) is 10.1 Å². The minimum Gasteiger partial charge on any atom is -0.478 e. The molecule has 0 saturated heterocycles. The number of ether oxygens (including phenoxy) is 1. The molecular formula is C18H17ClN2O2. The van der Waals surface area contributed by atoms with Crippen molar-refractivity contribution >= 4 is 11.6 Å². The topological polar surface area (TPSA) is 48.2 Å². The quantitative estimate of drug-likeness (QED) is 0.675. The molecule has 3 rings (SSSR count). The predicted molar refractivity (Wildman–Crippen MR) is 89.6 cm³/mol. The predicted octanol–water partition coefficient (Wildman–Crippen LogP) is 5.01. The summed E-state index contributed by atoms with van der Waals surface area (Å²) < 4.78 is 11.4. The van der Waals surface area contributed by atoms with Crippen LogP contribution in [-0.2, 0) is 5.60 Å². The lowest BCUT2D eigenvalue weighted by molar-refractivity contribution is 0.0692. The molecule has 0 spiro atoms. The third-order valence-electron chi connectivity index (χ3n) is 3.40. The third kappa shape index (κ3) is 3.54. The van der Waals surface area contributed by atoms with E-state index in [1.54, 1.807) is 12.1 Å². The number of benzene rings is 2. The van der Waals surface area contributed by atoms with Gasteiger partial charge in [-0.25, -0.2) is 0 Å². The first-order valence-electron chi connectivity index (χ1n) is 7.30. The smallest absolute Gasteiger partial charge is 0.270 e. The van der Waals surface area contributed by atoms with Gasteiger partial charge < -0.3 is 9.26 Å². The van der Waals surface area contributed by atoms with Gasteiger partial charge in [-0.2, -0.15) is 4.98 Å². The van der Waals surface area contributed by atoms with Crippen LogP contribution in [0.1, 0.15) is 25.3 Å². The van der Waals surface area contributed by atoms with Crippen LogP contribution in [0.4, 0.5) is 0 Å². The number of aryl methyl sites for hydroxylation is 1. The molecule has 1 heterocycles. The molecule has 0 fully saturated rings. The zero-order valence-corrected chi connectivity index (χ0v) is 14.0. The molecule has 0 aliphatic carbocycles. The summed E-state index contributed by atoms with van der Waals surface area (Å²) in [7, 11) is 0. The number of hydrogen-bond donors (Lipinski definition) is 0. The molecule has 0 bridgehead atoms. The Kier molecular flexibility index (Phi) is 4.09. The Morgan fingerprint density at radius 2 is 1.83 bits per heavy atom. The van der Waals surface area contributed by atoms with E-state index in [0.717, 1.165) is 11.1 Å². The molecule has 2 aromatic carbocycles. The summed E-state index contributed by atoms with van der Waals surface area (Å²) in [6.07, 6.45) is 0. The lowest BCUT2D eigenvalue weighted by Crippen LogP contribution is -2.25. The summed E-state index contributed by atoms with van der Waals surface area (Å²) >= 11 is 5.89. The van der Waals surface area contributed by atoms with Crippen molar-refractivity contribution in [3.05, 3.63) is 65.0 Å². The summed E-state index contributed by atoms with van der Waals surface area (Å²) in [6, 6.07) is 15.1. The van der Waals surface area contributed by atoms with E-state index in [2.05, 4.69) is 10.1 Å². The fourth-order valence-corrected chi connectivity index (χ4v) is 2.34. The number of nitrogens with zero attached hydrogens (tertiary/aromatic N) is 2. The fourth-order valence-electron chi connectivity index (χ4n) is 2.21. The van der Waals surface area contributed by atoms with Gasteiger partial charge >= 0.3 is 0 Å². The average molecular weight is 329 g/mol. The Balaban J connectivity index is 1.84. The van der Waals surface area contributed by atoms with Crippen molar-refractivity contribution in [3.8, 4) is 17.1 Å². The van der Waals surface area contributed by atoms with Crippen LogP contribution in [0.2, 0.25) is 5.02 Å². The van der Waals surface area contributed by atoms with Crippen molar-refractivity contribution < 1.29 is 9.26 Å². The molecule has 0 aliphatic heterocycles. The molecule has 1 aromatic heterocycles. The van der Waals surface area contributed by atoms with Gasteiger partial charge in [-0.3, -0.25) is 0 Å². The highest BCUT2D eigenvalue weighted by Gasteiger charge is 2.30. The zero-order valence-electron chi connectivity index (χ0n) is 13.2. The van der Waals surface area contributed by atoms with Gasteiger partial charge in [0, 0.05) is 10.6 Å². The van der Waals surface area contributed by atoms with Crippen molar-refractivity contribution in [2.45, 2.75) is 26.4 Å².